The van der Waals surface area contributed by atoms with Crippen LogP contribution in [0.4, 0.5) is 0 Å². The fourth-order valence-electron chi connectivity index (χ4n) is 2.29. The van der Waals surface area contributed by atoms with Crippen LogP contribution >= 0.6 is 0 Å². The van der Waals surface area contributed by atoms with Crippen LogP contribution in [-0.2, 0) is 6.61 Å². The van der Waals surface area contributed by atoms with Crippen LogP contribution in [0.1, 0.15) is 21.7 Å². The number of aryl methyl sites for hydroxylation is 1. The first-order chi connectivity index (χ1) is 11.6. The molecule has 0 fully saturated rings. The molecule has 0 spiro atoms. The maximum atomic E-state index is 11.5. The van der Waals surface area contributed by atoms with Gasteiger partial charge in [-0.25, -0.2) is 14.8 Å². The van der Waals surface area contributed by atoms with Crippen molar-refractivity contribution in [2.24, 2.45) is 0 Å². The minimum absolute atomic E-state index is 0.152. The highest BCUT2D eigenvalue weighted by molar-refractivity contribution is 5.91. The molecule has 0 aliphatic rings. The minimum atomic E-state index is -1.16. The lowest BCUT2D eigenvalue weighted by molar-refractivity contribution is 0.0684. The third-order valence-electron chi connectivity index (χ3n) is 3.40. The largest absolute Gasteiger partial charge is 0.484 e. The molecule has 0 bridgehead atoms. The summed E-state index contributed by atoms with van der Waals surface area (Å²) in [7, 11) is 0. The molecule has 3 aromatic rings. The van der Waals surface area contributed by atoms with Crippen LogP contribution in [0.2, 0.25) is 0 Å². The van der Waals surface area contributed by atoms with Gasteiger partial charge in [-0.05, 0) is 24.6 Å². The van der Waals surface area contributed by atoms with Crippen molar-refractivity contribution in [3.8, 4) is 17.0 Å². The van der Waals surface area contributed by atoms with Gasteiger partial charge in [0.2, 0.25) is 0 Å². The summed E-state index contributed by atoms with van der Waals surface area (Å²) in [6, 6.07) is 13.1. The molecule has 6 nitrogen and oxygen atoms in total. The standard InChI is InChI=1S/C18H15N3O3/c1-12-9-14(7-8-19-12)15-17(16(18(22)23)21-11-20-15)24-10-13-5-3-2-4-6-13/h2-9,11H,10H2,1H3,(H,22,23). The molecular formula is C18H15N3O3. The van der Waals surface area contributed by atoms with E-state index in [-0.39, 0.29) is 18.1 Å². The van der Waals surface area contributed by atoms with Crippen LogP contribution in [0.5, 0.6) is 5.75 Å². The van der Waals surface area contributed by atoms with Gasteiger partial charge in [0.05, 0.1) is 0 Å². The molecule has 1 N–H and O–H groups in total. The van der Waals surface area contributed by atoms with E-state index in [4.69, 9.17) is 4.74 Å². The molecule has 0 saturated heterocycles. The summed E-state index contributed by atoms with van der Waals surface area (Å²) >= 11 is 0. The molecule has 24 heavy (non-hydrogen) atoms. The van der Waals surface area contributed by atoms with E-state index in [9.17, 15) is 9.90 Å². The topological polar surface area (TPSA) is 85.2 Å². The van der Waals surface area contributed by atoms with Gasteiger partial charge in [-0.3, -0.25) is 4.98 Å². The maximum absolute atomic E-state index is 11.5. The number of hydrogen-bond acceptors (Lipinski definition) is 5. The van der Waals surface area contributed by atoms with Gasteiger partial charge in [-0.15, -0.1) is 0 Å². The summed E-state index contributed by atoms with van der Waals surface area (Å²) in [5.74, 6) is -1.01. The molecule has 0 aliphatic heterocycles. The van der Waals surface area contributed by atoms with Crippen LogP contribution < -0.4 is 4.74 Å². The SMILES string of the molecule is Cc1cc(-c2ncnc(C(=O)O)c2OCc2ccccc2)ccn1. The van der Waals surface area contributed by atoms with E-state index in [0.29, 0.717) is 5.69 Å². The molecule has 0 saturated carbocycles. The molecule has 1 aromatic carbocycles. The number of aromatic carboxylic acids is 1. The molecule has 0 atom stereocenters. The highest BCUT2D eigenvalue weighted by atomic mass is 16.5. The molecule has 0 aliphatic carbocycles. The Labute approximate surface area is 138 Å². The average Bonchev–Trinajstić information content (AvgIpc) is 2.60. The molecule has 2 aromatic heterocycles. The number of pyridine rings is 1. The van der Waals surface area contributed by atoms with E-state index in [2.05, 4.69) is 15.0 Å². The van der Waals surface area contributed by atoms with Crippen LogP contribution in [-0.4, -0.2) is 26.0 Å². The predicted octanol–water partition coefficient (Wildman–Crippen LogP) is 3.12. The normalized spacial score (nSPS) is 10.4. The van der Waals surface area contributed by atoms with Crippen LogP contribution in [0, 0.1) is 6.92 Å². The monoisotopic (exact) mass is 321 g/mol. The van der Waals surface area contributed by atoms with Gasteiger partial charge >= 0.3 is 5.97 Å². The molecule has 0 amide bonds. The predicted molar refractivity (Wildman–Crippen MR) is 87.7 cm³/mol. The Kier molecular flexibility index (Phi) is 4.47. The zero-order valence-electron chi connectivity index (χ0n) is 13.0. The number of carbonyl (C=O) groups is 1. The number of carboxylic acid groups (broad SMARTS) is 1. The van der Waals surface area contributed by atoms with Crippen molar-refractivity contribution in [1.82, 2.24) is 15.0 Å². The van der Waals surface area contributed by atoms with Crippen LogP contribution in [0.3, 0.4) is 0 Å². The molecule has 120 valence electrons. The van der Waals surface area contributed by atoms with Gasteiger partial charge in [-0.1, -0.05) is 30.3 Å². The van der Waals surface area contributed by atoms with Gasteiger partial charge in [-0.2, -0.15) is 0 Å². The third-order valence-corrected chi connectivity index (χ3v) is 3.40. The minimum Gasteiger partial charge on any atom is -0.484 e. The molecule has 6 heteroatoms. The summed E-state index contributed by atoms with van der Waals surface area (Å²) in [6.45, 7) is 2.08. The summed E-state index contributed by atoms with van der Waals surface area (Å²) in [6.07, 6.45) is 2.87. The number of carboxylic acids is 1. The number of benzene rings is 1. The lowest BCUT2D eigenvalue weighted by Crippen LogP contribution is -2.08. The molecule has 0 radical (unpaired) electrons. The van der Waals surface area contributed by atoms with Crippen molar-refractivity contribution in [2.75, 3.05) is 0 Å². The Morgan fingerprint density at radius 3 is 2.62 bits per heavy atom. The summed E-state index contributed by atoms with van der Waals surface area (Å²) < 4.78 is 5.78. The van der Waals surface area contributed by atoms with E-state index in [1.54, 1.807) is 12.3 Å². The molecule has 2 heterocycles. The summed E-state index contributed by atoms with van der Waals surface area (Å²) in [5, 5.41) is 9.41. The molecular weight excluding hydrogens is 306 g/mol. The first kappa shape index (κ1) is 15.6. The lowest BCUT2D eigenvalue weighted by Gasteiger charge is -2.13. The van der Waals surface area contributed by atoms with Gasteiger partial charge in [0.1, 0.15) is 18.6 Å². The fourth-order valence-corrected chi connectivity index (χ4v) is 2.29. The molecule has 0 unspecified atom stereocenters. The van der Waals surface area contributed by atoms with Gasteiger partial charge in [0.15, 0.2) is 11.4 Å². The number of nitrogens with zero attached hydrogens (tertiary/aromatic N) is 3. The van der Waals surface area contributed by atoms with Crippen molar-refractivity contribution >= 4 is 5.97 Å². The van der Waals surface area contributed by atoms with Gasteiger partial charge in [0.25, 0.3) is 0 Å². The van der Waals surface area contributed by atoms with E-state index in [1.807, 2.05) is 43.3 Å². The van der Waals surface area contributed by atoms with E-state index in [0.717, 1.165) is 16.8 Å². The van der Waals surface area contributed by atoms with Crippen molar-refractivity contribution < 1.29 is 14.6 Å². The number of rotatable bonds is 5. The van der Waals surface area contributed by atoms with Crippen LogP contribution in [0.15, 0.2) is 55.0 Å². The zero-order valence-corrected chi connectivity index (χ0v) is 13.0. The average molecular weight is 321 g/mol. The van der Waals surface area contributed by atoms with Crippen molar-refractivity contribution in [2.45, 2.75) is 13.5 Å². The van der Waals surface area contributed by atoms with E-state index < -0.39 is 5.97 Å². The number of ether oxygens (including phenoxy) is 1. The Bertz CT molecular complexity index is 866. The fraction of sp³-hybridized carbons (Fsp3) is 0.111. The van der Waals surface area contributed by atoms with E-state index >= 15 is 0 Å². The Balaban J connectivity index is 2.02. The smallest absolute Gasteiger partial charge is 0.358 e. The maximum Gasteiger partial charge on any atom is 0.358 e. The first-order valence-corrected chi connectivity index (χ1v) is 7.33. The second-order valence-electron chi connectivity index (χ2n) is 5.17. The van der Waals surface area contributed by atoms with Crippen molar-refractivity contribution in [3.63, 3.8) is 0 Å². The quantitative estimate of drug-likeness (QED) is 0.777. The zero-order chi connectivity index (χ0) is 16.9. The number of hydrogen-bond donors (Lipinski definition) is 1. The van der Waals surface area contributed by atoms with Crippen molar-refractivity contribution in [3.05, 3.63) is 71.9 Å². The highest BCUT2D eigenvalue weighted by Crippen LogP contribution is 2.31. The summed E-state index contributed by atoms with van der Waals surface area (Å²) in [4.78, 5) is 23.7. The second kappa shape index (κ2) is 6.87. The lowest BCUT2D eigenvalue weighted by atomic mass is 10.1. The summed E-state index contributed by atoms with van der Waals surface area (Å²) in [5.41, 5.74) is 2.73. The Morgan fingerprint density at radius 2 is 1.92 bits per heavy atom. The third kappa shape index (κ3) is 3.38. The Hall–Kier alpha value is -3.28. The number of aromatic nitrogens is 3. The van der Waals surface area contributed by atoms with Gasteiger partial charge < -0.3 is 9.84 Å². The van der Waals surface area contributed by atoms with Crippen molar-refractivity contribution in [1.29, 1.82) is 0 Å². The highest BCUT2D eigenvalue weighted by Gasteiger charge is 2.20. The van der Waals surface area contributed by atoms with Crippen LogP contribution in [0.25, 0.3) is 11.3 Å². The molecule has 3 rings (SSSR count). The second-order valence-corrected chi connectivity index (χ2v) is 5.17. The first-order valence-electron chi connectivity index (χ1n) is 7.33. The Morgan fingerprint density at radius 1 is 1.12 bits per heavy atom. The van der Waals surface area contributed by atoms with E-state index in [1.165, 1.54) is 6.33 Å². The van der Waals surface area contributed by atoms with Gasteiger partial charge in [0, 0.05) is 17.5 Å².